The van der Waals surface area contributed by atoms with Crippen molar-refractivity contribution in [3.05, 3.63) is 0 Å². The van der Waals surface area contributed by atoms with E-state index in [9.17, 15) is 9.59 Å². The van der Waals surface area contributed by atoms with Crippen molar-refractivity contribution < 1.29 is 14.3 Å². The average Bonchev–Trinajstić information content (AvgIpc) is 3.15. The maximum absolute atomic E-state index is 12.2. The van der Waals surface area contributed by atoms with E-state index in [-0.39, 0.29) is 36.4 Å². The summed E-state index contributed by atoms with van der Waals surface area (Å²) in [5, 5.41) is 3.00. The predicted molar refractivity (Wildman–Crippen MR) is 89.3 cm³/mol. The zero-order chi connectivity index (χ0) is 15.5. The number of nitrogens with one attached hydrogen (secondary N) is 1. The lowest BCUT2D eigenvalue weighted by Gasteiger charge is -2.31. The molecule has 3 rings (SSSR count). The van der Waals surface area contributed by atoms with Crippen LogP contribution in [0.15, 0.2) is 0 Å². The molecule has 0 radical (unpaired) electrons. The van der Waals surface area contributed by atoms with Gasteiger partial charge in [-0.15, -0.1) is 12.4 Å². The molecule has 3 atom stereocenters. The second-order valence-electron chi connectivity index (χ2n) is 6.81. The second kappa shape index (κ2) is 8.31. The molecule has 2 heterocycles. The Morgan fingerprint density at radius 2 is 1.96 bits per heavy atom. The topological polar surface area (TPSA) is 84.7 Å². The monoisotopic (exact) mass is 345 g/mol. The van der Waals surface area contributed by atoms with Crippen molar-refractivity contribution in [3.63, 3.8) is 0 Å². The van der Waals surface area contributed by atoms with Crippen molar-refractivity contribution >= 4 is 24.2 Å². The summed E-state index contributed by atoms with van der Waals surface area (Å²) in [6, 6.07) is 0.315. The molecule has 23 heavy (non-hydrogen) atoms. The highest BCUT2D eigenvalue weighted by Crippen LogP contribution is 2.27. The third kappa shape index (κ3) is 4.37. The second-order valence-corrected chi connectivity index (χ2v) is 6.81. The van der Waals surface area contributed by atoms with E-state index in [0.29, 0.717) is 25.6 Å². The van der Waals surface area contributed by atoms with Crippen LogP contribution in [0, 0.1) is 0 Å². The van der Waals surface area contributed by atoms with E-state index in [4.69, 9.17) is 10.5 Å². The fraction of sp³-hybridized carbons (Fsp3) is 0.875. The molecule has 1 unspecified atom stereocenters. The van der Waals surface area contributed by atoms with Gasteiger partial charge in [0.1, 0.15) is 6.10 Å². The van der Waals surface area contributed by atoms with Gasteiger partial charge < -0.3 is 20.7 Å². The molecule has 3 aliphatic rings. The summed E-state index contributed by atoms with van der Waals surface area (Å²) in [5.41, 5.74) is 5.57. The molecule has 1 aliphatic carbocycles. The van der Waals surface area contributed by atoms with Crippen LogP contribution < -0.4 is 11.1 Å². The fourth-order valence-corrected chi connectivity index (χ4v) is 3.94. The number of carbonyl (C=O) groups excluding carboxylic acids is 2. The summed E-state index contributed by atoms with van der Waals surface area (Å²) in [4.78, 5) is 26.4. The van der Waals surface area contributed by atoms with Crippen LogP contribution >= 0.6 is 12.4 Å². The number of ether oxygens (including phenoxy) is 1. The lowest BCUT2D eigenvalue weighted by Crippen LogP contribution is -2.44. The molecule has 2 saturated heterocycles. The Morgan fingerprint density at radius 1 is 1.22 bits per heavy atom. The Kier molecular flexibility index (Phi) is 6.68. The normalized spacial score (nSPS) is 32.0. The van der Waals surface area contributed by atoms with E-state index in [2.05, 4.69) is 5.32 Å². The Bertz CT molecular complexity index is 429. The number of carbonyl (C=O) groups is 2. The first-order valence-electron chi connectivity index (χ1n) is 8.62. The Balaban J connectivity index is 0.00000192. The van der Waals surface area contributed by atoms with Gasteiger partial charge in [0.05, 0.1) is 12.1 Å². The molecule has 0 spiro atoms. The molecule has 3 N–H and O–H groups in total. The number of amides is 2. The minimum Gasteiger partial charge on any atom is -0.364 e. The molecule has 132 valence electrons. The number of hydrogen-bond donors (Lipinski definition) is 2. The third-order valence-electron chi connectivity index (χ3n) is 5.18. The first kappa shape index (κ1) is 18.5. The smallest absolute Gasteiger partial charge is 0.249 e. The largest absolute Gasteiger partial charge is 0.364 e. The van der Waals surface area contributed by atoms with Gasteiger partial charge in [-0.2, -0.15) is 0 Å². The van der Waals surface area contributed by atoms with E-state index in [1.807, 2.05) is 4.90 Å². The zero-order valence-electron chi connectivity index (χ0n) is 13.5. The van der Waals surface area contributed by atoms with Crippen molar-refractivity contribution in [1.29, 1.82) is 0 Å². The van der Waals surface area contributed by atoms with Gasteiger partial charge in [0, 0.05) is 25.6 Å². The van der Waals surface area contributed by atoms with Gasteiger partial charge in [0.25, 0.3) is 0 Å². The fourth-order valence-electron chi connectivity index (χ4n) is 3.94. The maximum Gasteiger partial charge on any atom is 0.249 e. The summed E-state index contributed by atoms with van der Waals surface area (Å²) in [5.74, 6) is 0.101. The van der Waals surface area contributed by atoms with Crippen LogP contribution in [0.1, 0.15) is 51.4 Å². The minimum absolute atomic E-state index is 0. The third-order valence-corrected chi connectivity index (χ3v) is 5.18. The molecule has 0 aromatic carbocycles. The van der Waals surface area contributed by atoms with Gasteiger partial charge in [-0.25, -0.2) is 0 Å². The lowest BCUT2D eigenvalue weighted by molar-refractivity contribution is -0.132. The number of hydrogen-bond acceptors (Lipinski definition) is 4. The van der Waals surface area contributed by atoms with Gasteiger partial charge in [0.15, 0.2) is 0 Å². The molecule has 3 fully saturated rings. The lowest BCUT2D eigenvalue weighted by atomic mass is 9.94. The predicted octanol–water partition coefficient (Wildman–Crippen LogP) is 0.964. The van der Waals surface area contributed by atoms with E-state index in [1.54, 1.807) is 0 Å². The summed E-state index contributed by atoms with van der Waals surface area (Å²) in [7, 11) is 0. The van der Waals surface area contributed by atoms with E-state index in [0.717, 1.165) is 25.7 Å². The van der Waals surface area contributed by atoms with Crippen LogP contribution in [-0.2, 0) is 14.3 Å². The van der Waals surface area contributed by atoms with Gasteiger partial charge >= 0.3 is 0 Å². The Morgan fingerprint density at radius 3 is 2.61 bits per heavy atom. The van der Waals surface area contributed by atoms with Crippen LogP contribution in [0.2, 0.25) is 0 Å². The summed E-state index contributed by atoms with van der Waals surface area (Å²) in [6.07, 6.45) is 7.51. The number of nitrogens with zero attached hydrogens (tertiary/aromatic N) is 1. The van der Waals surface area contributed by atoms with Crippen molar-refractivity contribution in [2.45, 2.75) is 75.7 Å². The van der Waals surface area contributed by atoms with Crippen molar-refractivity contribution in [3.8, 4) is 0 Å². The van der Waals surface area contributed by atoms with E-state index < -0.39 is 6.10 Å². The first-order valence-corrected chi connectivity index (χ1v) is 8.62. The number of nitrogens with two attached hydrogens (primary N) is 1. The van der Waals surface area contributed by atoms with Crippen molar-refractivity contribution in [2.75, 3.05) is 13.1 Å². The zero-order valence-corrected chi connectivity index (χ0v) is 14.4. The van der Waals surface area contributed by atoms with Crippen LogP contribution in [0.4, 0.5) is 0 Å². The molecular weight excluding hydrogens is 318 g/mol. The Labute approximate surface area is 143 Å². The molecule has 7 heteroatoms. The van der Waals surface area contributed by atoms with Crippen LogP contribution in [0.25, 0.3) is 0 Å². The molecule has 0 aromatic rings. The highest BCUT2D eigenvalue weighted by molar-refractivity contribution is 5.85. The number of halogens is 1. The molecule has 1 saturated carbocycles. The highest BCUT2D eigenvalue weighted by Gasteiger charge is 2.37. The molecule has 6 nitrogen and oxygen atoms in total. The highest BCUT2D eigenvalue weighted by atomic mass is 35.5. The summed E-state index contributed by atoms with van der Waals surface area (Å²) in [6.45, 7) is 1.11. The van der Waals surface area contributed by atoms with Gasteiger partial charge in [0.2, 0.25) is 11.8 Å². The van der Waals surface area contributed by atoms with Crippen molar-refractivity contribution in [1.82, 2.24) is 10.2 Å². The molecule has 0 bridgehead atoms. The van der Waals surface area contributed by atoms with Crippen LogP contribution in [0.5, 0.6) is 0 Å². The Hall–Kier alpha value is -0.850. The summed E-state index contributed by atoms with van der Waals surface area (Å²) < 4.78 is 5.62. The van der Waals surface area contributed by atoms with Gasteiger partial charge in [-0.05, 0) is 25.7 Å². The quantitative estimate of drug-likeness (QED) is 0.795. The minimum atomic E-state index is -0.396. The standard InChI is InChI=1S/C16H27N3O3.ClH/c17-9-13-6-7-14(22-13)16(21)18-11-8-15(20)19(10-11)12-4-2-1-3-5-12;/h11-14H,1-10,17H2,(H,18,21);1H/t11?,13-,14+;/m1./s1. The average molecular weight is 346 g/mol. The first-order chi connectivity index (χ1) is 10.7. The number of rotatable bonds is 4. The molecule has 2 aliphatic heterocycles. The van der Waals surface area contributed by atoms with Crippen LogP contribution in [0.3, 0.4) is 0 Å². The SMILES string of the molecule is Cl.NC[C@H]1CC[C@@H](C(=O)NC2CC(=O)N(C3CCCCC3)C2)O1. The van der Waals surface area contributed by atoms with Crippen molar-refractivity contribution in [2.24, 2.45) is 5.73 Å². The maximum atomic E-state index is 12.2. The molecular formula is C16H28ClN3O3. The van der Waals surface area contributed by atoms with Gasteiger partial charge in [-0.3, -0.25) is 9.59 Å². The molecule has 0 aromatic heterocycles. The molecule has 2 amide bonds. The number of likely N-dealkylation sites (tertiary alicyclic amines) is 1. The van der Waals surface area contributed by atoms with Gasteiger partial charge in [-0.1, -0.05) is 19.3 Å². The summed E-state index contributed by atoms with van der Waals surface area (Å²) >= 11 is 0. The van der Waals surface area contributed by atoms with E-state index >= 15 is 0 Å². The van der Waals surface area contributed by atoms with Crippen LogP contribution in [-0.4, -0.2) is 54.1 Å². The van der Waals surface area contributed by atoms with E-state index in [1.165, 1.54) is 19.3 Å².